The normalized spacial score (nSPS) is 12.5. The van der Waals surface area contributed by atoms with E-state index < -0.39 is 6.10 Å². The molecule has 0 aromatic heterocycles. The molecule has 0 heterocycles. The summed E-state index contributed by atoms with van der Waals surface area (Å²) in [6.07, 6.45) is 45.8. The Bertz CT molecular complexity index is 902. The van der Waals surface area contributed by atoms with Crippen molar-refractivity contribution in [3.63, 3.8) is 0 Å². The second-order valence-electron chi connectivity index (χ2n) is 13.8. The number of aliphatic hydroxyl groups excluding tert-OH is 1. The Kier molecular flexibility index (Phi) is 37.4. The largest absolute Gasteiger partial charge is 0.463 e. The Hall–Kier alpha value is -2.47. The zero-order valence-corrected chi connectivity index (χ0v) is 32.4. The maximum absolute atomic E-state index is 12.0. The van der Waals surface area contributed by atoms with Gasteiger partial charge in [0, 0.05) is 19.3 Å². The van der Waals surface area contributed by atoms with E-state index in [4.69, 9.17) is 9.47 Å². The lowest BCUT2D eigenvalue weighted by atomic mass is 10.0. The van der Waals surface area contributed by atoms with Gasteiger partial charge in [0.25, 0.3) is 0 Å². The van der Waals surface area contributed by atoms with Gasteiger partial charge in [0.1, 0.15) is 19.3 Å². The zero-order valence-electron chi connectivity index (χ0n) is 32.4. The Morgan fingerprint density at radius 3 is 1.40 bits per heavy atom. The monoisotopic (exact) mass is 701 g/mol. The molecule has 0 aromatic rings. The van der Waals surface area contributed by atoms with Crippen molar-refractivity contribution < 1.29 is 29.0 Å². The van der Waals surface area contributed by atoms with Crippen LogP contribution in [-0.4, -0.2) is 42.1 Å². The van der Waals surface area contributed by atoms with Crippen molar-refractivity contribution in [2.45, 2.75) is 200 Å². The highest BCUT2D eigenvalue weighted by Gasteiger charge is 2.12. The van der Waals surface area contributed by atoms with Gasteiger partial charge in [0.15, 0.2) is 5.78 Å². The molecule has 6 heteroatoms. The molecular weight excluding hydrogens is 624 g/mol. The van der Waals surface area contributed by atoms with Crippen LogP contribution in [0.3, 0.4) is 0 Å². The zero-order chi connectivity index (χ0) is 36.6. The Balaban J connectivity index is 3.55. The van der Waals surface area contributed by atoms with Crippen LogP contribution in [0, 0.1) is 0 Å². The molecule has 0 aromatic carbocycles. The topological polar surface area (TPSA) is 89.9 Å². The van der Waals surface area contributed by atoms with Crippen LogP contribution >= 0.6 is 0 Å². The highest BCUT2D eigenvalue weighted by atomic mass is 16.6. The van der Waals surface area contributed by atoms with Gasteiger partial charge in [0.05, 0.1) is 0 Å². The lowest BCUT2D eigenvalue weighted by Gasteiger charge is -2.12. The van der Waals surface area contributed by atoms with Crippen molar-refractivity contribution >= 4 is 17.7 Å². The fourth-order valence-corrected chi connectivity index (χ4v) is 5.62. The molecule has 1 atom stereocenters. The van der Waals surface area contributed by atoms with Gasteiger partial charge in [-0.05, 0) is 44.6 Å². The van der Waals surface area contributed by atoms with Gasteiger partial charge in [-0.25, -0.2) is 0 Å². The summed E-state index contributed by atoms with van der Waals surface area (Å²) in [6.45, 7) is 4.10. The number of unbranched alkanes of at least 4 members (excludes halogenated alkanes) is 20. The molecule has 0 aliphatic heterocycles. The van der Waals surface area contributed by atoms with E-state index in [0.29, 0.717) is 19.3 Å². The molecular formula is C44H76O6. The van der Waals surface area contributed by atoms with E-state index in [9.17, 15) is 19.5 Å². The first-order valence-electron chi connectivity index (χ1n) is 20.6. The summed E-state index contributed by atoms with van der Waals surface area (Å²) >= 11 is 0. The van der Waals surface area contributed by atoms with E-state index in [-0.39, 0.29) is 37.4 Å². The van der Waals surface area contributed by atoms with Crippen molar-refractivity contribution in [3.05, 3.63) is 48.6 Å². The number of ketones is 1. The highest BCUT2D eigenvalue weighted by molar-refractivity contribution is 5.89. The van der Waals surface area contributed by atoms with Crippen molar-refractivity contribution in [2.75, 3.05) is 13.2 Å². The lowest BCUT2D eigenvalue weighted by Crippen LogP contribution is -2.25. The summed E-state index contributed by atoms with van der Waals surface area (Å²) in [5.74, 6) is -0.470. The number of esters is 2. The quantitative estimate of drug-likeness (QED) is 0.0228. The molecule has 0 unspecified atom stereocenters. The van der Waals surface area contributed by atoms with Crippen LogP contribution in [0.15, 0.2) is 48.6 Å². The van der Waals surface area contributed by atoms with E-state index in [0.717, 1.165) is 57.8 Å². The van der Waals surface area contributed by atoms with E-state index in [2.05, 4.69) is 38.2 Å². The summed E-state index contributed by atoms with van der Waals surface area (Å²) in [7, 11) is 0. The van der Waals surface area contributed by atoms with Crippen LogP contribution in [0.5, 0.6) is 0 Å². The van der Waals surface area contributed by atoms with E-state index in [1.165, 1.54) is 96.3 Å². The molecule has 0 rings (SSSR count). The number of ether oxygens (including phenoxy) is 2. The molecule has 0 bridgehead atoms. The Morgan fingerprint density at radius 1 is 0.480 bits per heavy atom. The standard InChI is InChI=1S/C44H76O6/c1-3-5-7-8-9-10-11-12-13-14-15-16-17-20-23-26-29-33-37-43(47)49-39-42(46)40-50-44(48)38-34-30-27-24-21-18-19-22-25-28-32-36-41(45)35-31-6-4-2/h18-19,24-25,27-28,32,36,42,46H,3-17,20-23,26,29-31,33-35,37-40H2,1-2H3/b19-18-,27-24-,28-25-,36-32+/t42-/m1/s1. The molecule has 0 saturated heterocycles. The number of carbonyl (C=O) groups is 3. The second kappa shape index (κ2) is 39.3. The van der Waals surface area contributed by atoms with Gasteiger partial charge in [-0.2, -0.15) is 0 Å². The number of carbonyl (C=O) groups excluding carboxylic acids is 3. The molecule has 50 heavy (non-hydrogen) atoms. The van der Waals surface area contributed by atoms with Crippen LogP contribution in [0.2, 0.25) is 0 Å². The van der Waals surface area contributed by atoms with Gasteiger partial charge in [-0.15, -0.1) is 0 Å². The van der Waals surface area contributed by atoms with Gasteiger partial charge in [-0.3, -0.25) is 14.4 Å². The van der Waals surface area contributed by atoms with E-state index in [1.54, 1.807) is 6.08 Å². The summed E-state index contributed by atoms with van der Waals surface area (Å²) in [5.41, 5.74) is 0. The average Bonchev–Trinajstić information content (AvgIpc) is 3.11. The van der Waals surface area contributed by atoms with Crippen LogP contribution in [0.4, 0.5) is 0 Å². The highest BCUT2D eigenvalue weighted by Crippen LogP contribution is 2.15. The maximum Gasteiger partial charge on any atom is 0.305 e. The molecule has 288 valence electrons. The third-order valence-electron chi connectivity index (χ3n) is 8.79. The van der Waals surface area contributed by atoms with Crippen LogP contribution in [0.1, 0.15) is 194 Å². The van der Waals surface area contributed by atoms with Crippen LogP contribution in [-0.2, 0) is 23.9 Å². The number of hydrogen-bond acceptors (Lipinski definition) is 6. The van der Waals surface area contributed by atoms with E-state index >= 15 is 0 Å². The number of allylic oxidation sites excluding steroid dienone is 8. The minimum atomic E-state index is -1.00. The van der Waals surface area contributed by atoms with E-state index in [1.807, 2.05) is 18.2 Å². The number of hydrogen-bond donors (Lipinski definition) is 1. The SMILES string of the molecule is CCCCCCCCCCCCCCCCCCCCC(=O)OC[C@@H](O)COC(=O)CCC/C=C\C/C=C\C/C=C\C=C\C(=O)CCCCC. The first-order valence-corrected chi connectivity index (χ1v) is 20.6. The summed E-state index contributed by atoms with van der Waals surface area (Å²) in [4.78, 5) is 35.6. The predicted octanol–water partition coefficient (Wildman–Crippen LogP) is 12.2. The third-order valence-corrected chi connectivity index (χ3v) is 8.79. The summed E-state index contributed by atoms with van der Waals surface area (Å²) in [6, 6.07) is 0. The average molecular weight is 701 g/mol. The molecule has 0 radical (unpaired) electrons. The van der Waals surface area contributed by atoms with Crippen molar-refractivity contribution in [2.24, 2.45) is 0 Å². The van der Waals surface area contributed by atoms with Gasteiger partial charge >= 0.3 is 11.9 Å². The van der Waals surface area contributed by atoms with Gasteiger partial charge in [-0.1, -0.05) is 178 Å². The first-order chi connectivity index (χ1) is 24.5. The third kappa shape index (κ3) is 38.3. The van der Waals surface area contributed by atoms with Gasteiger partial charge in [0.2, 0.25) is 0 Å². The summed E-state index contributed by atoms with van der Waals surface area (Å²) < 4.78 is 10.3. The lowest BCUT2D eigenvalue weighted by molar-refractivity contribution is -0.152. The minimum Gasteiger partial charge on any atom is -0.463 e. The smallest absolute Gasteiger partial charge is 0.305 e. The molecule has 0 aliphatic carbocycles. The second-order valence-corrected chi connectivity index (χ2v) is 13.8. The Labute approximate surface area is 307 Å². The molecule has 1 N–H and O–H groups in total. The first kappa shape index (κ1) is 47.5. The molecule has 0 fully saturated rings. The molecule has 0 spiro atoms. The molecule has 0 aliphatic rings. The summed E-state index contributed by atoms with van der Waals surface area (Å²) in [5, 5.41) is 10.0. The Morgan fingerprint density at radius 2 is 0.880 bits per heavy atom. The molecule has 6 nitrogen and oxygen atoms in total. The van der Waals surface area contributed by atoms with Crippen molar-refractivity contribution in [1.82, 2.24) is 0 Å². The fraction of sp³-hybridized carbons (Fsp3) is 0.750. The number of aliphatic hydroxyl groups is 1. The number of rotatable bonds is 37. The maximum atomic E-state index is 12.0. The minimum absolute atomic E-state index is 0.146. The van der Waals surface area contributed by atoms with Crippen molar-refractivity contribution in [3.8, 4) is 0 Å². The van der Waals surface area contributed by atoms with Gasteiger partial charge < -0.3 is 14.6 Å². The fourth-order valence-electron chi connectivity index (χ4n) is 5.62. The van der Waals surface area contributed by atoms with Crippen LogP contribution in [0.25, 0.3) is 0 Å². The predicted molar refractivity (Wildman–Crippen MR) is 210 cm³/mol. The molecule has 0 amide bonds. The molecule has 0 saturated carbocycles. The van der Waals surface area contributed by atoms with Crippen molar-refractivity contribution in [1.29, 1.82) is 0 Å². The van der Waals surface area contributed by atoms with Crippen LogP contribution < -0.4 is 0 Å².